The summed E-state index contributed by atoms with van der Waals surface area (Å²) in [7, 11) is 0. The number of amides is 2. The summed E-state index contributed by atoms with van der Waals surface area (Å²) in [5.74, 6) is -0.394. The first-order valence-corrected chi connectivity index (χ1v) is 5.80. The summed E-state index contributed by atoms with van der Waals surface area (Å²) in [5.41, 5.74) is 0. The molecule has 0 saturated carbocycles. The molecule has 0 bridgehead atoms. The standard InChI is InChI=1S/C11H18N2O4/c1-2-17-11(16)12-10(15)7-13-5-3-4-9(6-13)8-14/h8-9H,2-7H2,1H3,(H,12,15,16). The lowest BCUT2D eigenvalue weighted by Gasteiger charge is -2.29. The van der Waals surface area contributed by atoms with Crippen molar-refractivity contribution in [2.24, 2.45) is 5.92 Å². The second-order valence-corrected chi connectivity index (χ2v) is 4.04. The SMILES string of the molecule is CCOC(=O)NC(=O)CN1CCCC(C=O)C1. The van der Waals surface area contributed by atoms with Crippen LogP contribution in [-0.4, -0.2) is 49.4 Å². The molecular weight excluding hydrogens is 224 g/mol. The average molecular weight is 242 g/mol. The zero-order chi connectivity index (χ0) is 12.7. The van der Waals surface area contributed by atoms with E-state index in [2.05, 4.69) is 10.1 Å². The van der Waals surface area contributed by atoms with Crippen LogP contribution in [0.4, 0.5) is 4.79 Å². The van der Waals surface area contributed by atoms with Gasteiger partial charge in [-0.15, -0.1) is 0 Å². The van der Waals surface area contributed by atoms with Crippen molar-refractivity contribution in [1.29, 1.82) is 0 Å². The molecule has 0 aromatic heterocycles. The molecule has 1 fully saturated rings. The van der Waals surface area contributed by atoms with Gasteiger partial charge in [0, 0.05) is 12.5 Å². The van der Waals surface area contributed by atoms with Crippen LogP contribution in [0.1, 0.15) is 19.8 Å². The summed E-state index contributed by atoms with van der Waals surface area (Å²) >= 11 is 0. The number of carbonyl (C=O) groups is 3. The maximum atomic E-state index is 11.4. The Kier molecular flexibility index (Phi) is 5.62. The van der Waals surface area contributed by atoms with Crippen molar-refractivity contribution < 1.29 is 19.1 Å². The van der Waals surface area contributed by atoms with Crippen LogP contribution in [0, 0.1) is 5.92 Å². The Hall–Kier alpha value is -1.43. The van der Waals surface area contributed by atoms with Crippen molar-refractivity contribution in [3.8, 4) is 0 Å². The Bertz CT molecular complexity index is 293. The Morgan fingerprint density at radius 2 is 2.29 bits per heavy atom. The van der Waals surface area contributed by atoms with Gasteiger partial charge in [0.15, 0.2) is 0 Å². The molecule has 0 aliphatic carbocycles. The smallest absolute Gasteiger partial charge is 0.413 e. The van der Waals surface area contributed by atoms with E-state index in [4.69, 9.17) is 0 Å². The molecule has 6 heteroatoms. The lowest BCUT2D eigenvalue weighted by molar-refractivity contribution is -0.123. The van der Waals surface area contributed by atoms with Crippen molar-refractivity contribution in [2.45, 2.75) is 19.8 Å². The van der Waals surface area contributed by atoms with Crippen LogP contribution in [-0.2, 0) is 14.3 Å². The third kappa shape index (κ3) is 4.95. The molecule has 1 N–H and O–H groups in total. The second kappa shape index (κ2) is 7.01. The number of alkyl carbamates (subject to hydrolysis) is 1. The molecule has 1 atom stereocenters. The Morgan fingerprint density at radius 1 is 1.53 bits per heavy atom. The molecule has 1 heterocycles. The molecule has 0 aromatic rings. The van der Waals surface area contributed by atoms with Crippen LogP contribution in [0.25, 0.3) is 0 Å². The third-order valence-corrected chi connectivity index (χ3v) is 2.62. The van der Waals surface area contributed by atoms with E-state index in [1.54, 1.807) is 6.92 Å². The zero-order valence-corrected chi connectivity index (χ0v) is 9.98. The van der Waals surface area contributed by atoms with Crippen molar-refractivity contribution in [2.75, 3.05) is 26.2 Å². The first kappa shape index (κ1) is 13.6. The molecule has 1 aliphatic heterocycles. The minimum Gasteiger partial charge on any atom is -0.450 e. The van der Waals surface area contributed by atoms with E-state index in [1.807, 2.05) is 4.90 Å². The fourth-order valence-corrected chi connectivity index (χ4v) is 1.87. The molecule has 17 heavy (non-hydrogen) atoms. The molecule has 1 aliphatic rings. The number of carbonyl (C=O) groups excluding carboxylic acids is 3. The van der Waals surface area contributed by atoms with E-state index >= 15 is 0 Å². The van der Waals surface area contributed by atoms with Gasteiger partial charge in [0.05, 0.1) is 13.2 Å². The van der Waals surface area contributed by atoms with Crippen molar-refractivity contribution in [1.82, 2.24) is 10.2 Å². The lowest BCUT2D eigenvalue weighted by Crippen LogP contribution is -2.44. The minimum absolute atomic E-state index is 0.000793. The normalized spacial score (nSPS) is 20.6. The van der Waals surface area contributed by atoms with Crippen LogP contribution >= 0.6 is 0 Å². The minimum atomic E-state index is -0.721. The number of rotatable bonds is 4. The largest absolute Gasteiger partial charge is 0.450 e. The van der Waals surface area contributed by atoms with Crippen molar-refractivity contribution >= 4 is 18.3 Å². The summed E-state index contributed by atoms with van der Waals surface area (Å²) in [6.07, 6.45) is 1.98. The summed E-state index contributed by atoms with van der Waals surface area (Å²) in [5, 5.41) is 2.13. The predicted octanol–water partition coefficient (Wildman–Crippen LogP) is 0.170. The summed E-state index contributed by atoms with van der Waals surface area (Å²) < 4.78 is 4.60. The molecule has 0 spiro atoms. The first-order chi connectivity index (χ1) is 8.15. The fourth-order valence-electron chi connectivity index (χ4n) is 1.87. The highest BCUT2D eigenvalue weighted by Gasteiger charge is 2.21. The van der Waals surface area contributed by atoms with E-state index in [-0.39, 0.29) is 19.1 Å². The number of imide groups is 1. The Labute approximate surface area is 100 Å². The van der Waals surface area contributed by atoms with E-state index in [1.165, 1.54) is 0 Å². The second-order valence-electron chi connectivity index (χ2n) is 4.04. The summed E-state index contributed by atoms with van der Waals surface area (Å²) in [6, 6.07) is 0. The molecule has 1 unspecified atom stereocenters. The van der Waals surface area contributed by atoms with E-state index in [0.29, 0.717) is 6.54 Å². The van der Waals surface area contributed by atoms with Gasteiger partial charge >= 0.3 is 6.09 Å². The number of hydrogen-bond donors (Lipinski definition) is 1. The highest BCUT2D eigenvalue weighted by atomic mass is 16.5. The highest BCUT2D eigenvalue weighted by molar-refractivity contribution is 5.92. The van der Waals surface area contributed by atoms with Gasteiger partial charge < -0.3 is 9.53 Å². The maximum Gasteiger partial charge on any atom is 0.413 e. The molecule has 96 valence electrons. The zero-order valence-electron chi connectivity index (χ0n) is 9.98. The number of hydrogen-bond acceptors (Lipinski definition) is 5. The average Bonchev–Trinajstić information content (AvgIpc) is 2.29. The van der Waals surface area contributed by atoms with Gasteiger partial charge in [0.2, 0.25) is 5.91 Å². The molecule has 2 amide bonds. The molecule has 0 aromatic carbocycles. The maximum absolute atomic E-state index is 11.4. The van der Waals surface area contributed by atoms with Gasteiger partial charge in [-0.3, -0.25) is 15.0 Å². The highest BCUT2D eigenvalue weighted by Crippen LogP contribution is 2.13. The van der Waals surface area contributed by atoms with Gasteiger partial charge in [-0.2, -0.15) is 0 Å². The number of nitrogens with zero attached hydrogens (tertiary/aromatic N) is 1. The number of likely N-dealkylation sites (tertiary alicyclic amines) is 1. The summed E-state index contributed by atoms with van der Waals surface area (Å²) in [6.45, 7) is 3.39. The topological polar surface area (TPSA) is 75.7 Å². The van der Waals surface area contributed by atoms with Crippen molar-refractivity contribution in [3.05, 3.63) is 0 Å². The number of ether oxygens (including phenoxy) is 1. The lowest BCUT2D eigenvalue weighted by atomic mass is 10.00. The fraction of sp³-hybridized carbons (Fsp3) is 0.727. The van der Waals surface area contributed by atoms with Gasteiger partial charge in [-0.25, -0.2) is 4.79 Å². The monoisotopic (exact) mass is 242 g/mol. The molecule has 6 nitrogen and oxygen atoms in total. The molecule has 1 rings (SSSR count). The van der Waals surface area contributed by atoms with Gasteiger partial charge in [-0.05, 0) is 26.3 Å². The number of aldehydes is 1. The third-order valence-electron chi connectivity index (χ3n) is 2.62. The predicted molar refractivity (Wildman–Crippen MR) is 60.4 cm³/mol. The van der Waals surface area contributed by atoms with E-state index in [9.17, 15) is 14.4 Å². The number of piperidine rings is 1. The van der Waals surface area contributed by atoms with Gasteiger partial charge in [0.25, 0.3) is 0 Å². The van der Waals surface area contributed by atoms with Crippen LogP contribution < -0.4 is 5.32 Å². The van der Waals surface area contributed by atoms with Crippen LogP contribution in [0.15, 0.2) is 0 Å². The number of nitrogens with one attached hydrogen (secondary N) is 1. The summed E-state index contributed by atoms with van der Waals surface area (Å²) in [4.78, 5) is 35.0. The molecule has 0 radical (unpaired) electrons. The van der Waals surface area contributed by atoms with Gasteiger partial charge in [0.1, 0.15) is 6.29 Å². The molecular formula is C11H18N2O4. The van der Waals surface area contributed by atoms with E-state index < -0.39 is 12.0 Å². The van der Waals surface area contributed by atoms with Crippen LogP contribution in [0.3, 0.4) is 0 Å². The quantitative estimate of drug-likeness (QED) is 0.711. The first-order valence-electron chi connectivity index (χ1n) is 5.80. The van der Waals surface area contributed by atoms with Crippen LogP contribution in [0.5, 0.6) is 0 Å². The molecule has 1 saturated heterocycles. The van der Waals surface area contributed by atoms with Crippen molar-refractivity contribution in [3.63, 3.8) is 0 Å². The Morgan fingerprint density at radius 3 is 2.94 bits per heavy atom. The van der Waals surface area contributed by atoms with Crippen LogP contribution in [0.2, 0.25) is 0 Å². The Balaban J connectivity index is 2.30. The van der Waals surface area contributed by atoms with E-state index in [0.717, 1.165) is 25.7 Å². The van der Waals surface area contributed by atoms with Gasteiger partial charge in [-0.1, -0.05) is 0 Å².